The Morgan fingerprint density at radius 1 is 0.693 bits per heavy atom. The normalized spacial score (nSPS) is 25.8. The number of ether oxygens (including phenoxy) is 6. The number of nitrogen functional groups attached to an aromatic ring is 2. The number of fused-ring (bicyclic) bond motifs is 6. The van der Waals surface area contributed by atoms with Gasteiger partial charge in [0.25, 0.3) is 17.8 Å². The van der Waals surface area contributed by atoms with E-state index in [1.165, 1.54) is 23.9 Å². The van der Waals surface area contributed by atoms with Gasteiger partial charge in [-0.2, -0.15) is 10.1 Å². The molecule has 680 valence electrons. The van der Waals surface area contributed by atoms with E-state index in [-0.39, 0.29) is 85.1 Å². The number of allylic oxidation sites excluding steroid dienone is 6. The van der Waals surface area contributed by atoms with E-state index in [0.717, 1.165) is 74.2 Å². The summed E-state index contributed by atoms with van der Waals surface area (Å²) in [6.07, 6.45) is 25.6. The summed E-state index contributed by atoms with van der Waals surface area (Å²) in [5.41, 5.74) is 21.4. The predicted molar refractivity (Wildman–Crippen MR) is 477 cm³/mol. The molecular weight excluding hydrogens is 1620 g/mol. The van der Waals surface area contributed by atoms with Gasteiger partial charge in [0.15, 0.2) is 17.0 Å². The molecule has 1 aliphatic carbocycles. The van der Waals surface area contributed by atoms with Crippen molar-refractivity contribution in [2.45, 2.75) is 219 Å². The molecule has 7 aliphatic rings. The number of amides is 4. The largest absolute Gasteiger partial charge is 0.461 e. The number of esters is 1. The molecule has 33 heteroatoms. The van der Waals surface area contributed by atoms with Crippen molar-refractivity contribution in [1.82, 2.24) is 69.6 Å². The van der Waals surface area contributed by atoms with Gasteiger partial charge in [-0.1, -0.05) is 75.4 Å². The first-order valence-corrected chi connectivity index (χ1v) is 45.4. The molecule has 10 atom stereocenters. The number of carbonyl (C=O) groups is 7. The molecular formula is C94H124N18O15. The molecule has 0 spiro atoms. The van der Waals surface area contributed by atoms with E-state index in [4.69, 9.17) is 49.4 Å². The highest BCUT2D eigenvalue weighted by Crippen LogP contribution is 2.37. The third kappa shape index (κ3) is 23.9. The SMILES string of the molecule is CO[C@H]1CC2CCCC(O2)C(=O)C(=O)N2CCCC[C@H]2C(=O)O[C@H](CCC2CCC(OC(=O)NCc3cnc(N4CCN(C(=O)CCOCCN5CCN(c6ncc(C(=O)N7CCc8cc(Cn9nc(-c%10ccc%11oc(N)nc%11c%10)c%10c(N)ncnc%109)ccc8C7)cn6)CC5)CC4)nc3)CC2)CC[C@H](C)/C=C(\C)[C@@H](O)[C@@H](OC)C(=O)[C@H](C)C[C@H](C)/C=C/C=CC=C1C. The average Bonchev–Trinajstić information content (AvgIpc) is 1.63. The Kier molecular flexibility index (Phi) is 31.7. The summed E-state index contributed by atoms with van der Waals surface area (Å²) >= 11 is 0. The van der Waals surface area contributed by atoms with E-state index in [2.05, 4.69) is 81.2 Å². The summed E-state index contributed by atoms with van der Waals surface area (Å²) in [7, 11) is 3.09. The summed E-state index contributed by atoms with van der Waals surface area (Å²) < 4.78 is 43.7. The first-order chi connectivity index (χ1) is 61.5. The monoisotopic (exact) mass is 1740 g/mol. The number of nitrogens with one attached hydrogen (secondary N) is 1. The predicted octanol–water partition coefficient (Wildman–Crippen LogP) is 10.3. The third-order valence-electron chi connectivity index (χ3n) is 26.2. The maximum absolute atomic E-state index is 14.5. The minimum Gasteiger partial charge on any atom is -0.461 e. The van der Waals surface area contributed by atoms with E-state index in [9.17, 15) is 38.7 Å². The Balaban J connectivity index is 0.476. The highest BCUT2D eigenvalue weighted by molar-refractivity contribution is 6.38. The Hall–Kier alpha value is -11.0. The first-order valence-electron chi connectivity index (χ1n) is 45.4. The molecule has 5 aromatic heterocycles. The van der Waals surface area contributed by atoms with Crippen molar-refractivity contribution in [2.24, 2.45) is 23.7 Å². The molecule has 6 aliphatic heterocycles. The Labute approximate surface area is 741 Å². The standard InChI is InChI=1S/C94H124N18O15/c1-59-14-9-8-10-15-61(3)78(121-6)50-73-16-13-18-77(124-73)84(116)89(118)111-33-12-11-17-75(111)90(119)125-71(26-19-60(2)47-63(5)83(115)85(122-7)82(114)62(4)46-59)27-21-64-22-28-72(29-23-64)126-94(120)101-53-66-51-97-92(98-52-66)109-41-39-107(40-42-109)79(113)32-44-123-45-43-106-35-37-108(38-36-106)93-99-54-70(55-100-93)88(117)110-34-31-67-48-65(20-24-69(67)57-110)56-112-87-80(86(95)102-58-103-87)81(105-112)68-25-30-76-74(49-68)104-91(96)127-76/h8-10,14-15,20,24-25,30,47-49,51-52,54-55,58-60,62,64,71-73,75,77-78,83,85,115H,11-13,16-19,21-23,26-29,31-46,50,53,56-57H2,1-7H3,(H2,96,104)(H,101,120)(H2,95,102,103)/b10-8?,14-9+,61-15?,63-47+/t59-,60+,62-,64?,71+,72?,73?,75+,77?,78+,83-,85+/m1/s1. The van der Waals surface area contributed by atoms with Crippen molar-refractivity contribution in [3.05, 3.63) is 143 Å². The van der Waals surface area contributed by atoms with Crippen LogP contribution in [0.15, 0.2) is 120 Å². The topological polar surface area (TPSA) is 400 Å². The van der Waals surface area contributed by atoms with Crippen molar-refractivity contribution in [3.63, 3.8) is 0 Å². The smallest absolute Gasteiger partial charge is 0.407 e. The lowest BCUT2D eigenvalue weighted by molar-refractivity contribution is -0.167. The maximum Gasteiger partial charge on any atom is 0.407 e. The number of rotatable bonds is 20. The number of hydrogen-bond acceptors (Lipinski definition) is 28. The first kappa shape index (κ1) is 92.2. The fourth-order valence-corrected chi connectivity index (χ4v) is 18.7. The second-order valence-corrected chi connectivity index (χ2v) is 35.3. The van der Waals surface area contributed by atoms with E-state index in [1.807, 2.05) is 82.7 Å². The van der Waals surface area contributed by atoms with Crippen LogP contribution in [0.1, 0.15) is 176 Å². The van der Waals surface area contributed by atoms with Crippen LogP contribution in [0.4, 0.5) is 28.5 Å². The lowest BCUT2D eigenvalue weighted by Crippen LogP contribution is -2.54. The van der Waals surface area contributed by atoms with E-state index in [0.29, 0.717) is 211 Å². The molecule has 5 fully saturated rings. The van der Waals surface area contributed by atoms with Crippen LogP contribution in [0, 0.1) is 23.7 Å². The van der Waals surface area contributed by atoms with E-state index >= 15 is 0 Å². The molecule has 4 saturated heterocycles. The van der Waals surface area contributed by atoms with Crippen molar-refractivity contribution < 1.29 is 71.5 Å². The summed E-state index contributed by atoms with van der Waals surface area (Å²) in [5.74, 6) is -0.848. The number of anilines is 4. The van der Waals surface area contributed by atoms with Gasteiger partial charge < -0.3 is 79.2 Å². The van der Waals surface area contributed by atoms with Crippen LogP contribution in [0.5, 0.6) is 0 Å². The van der Waals surface area contributed by atoms with Gasteiger partial charge in [0, 0.05) is 148 Å². The molecule has 0 radical (unpaired) electrons. The van der Waals surface area contributed by atoms with Crippen LogP contribution in [0.3, 0.4) is 0 Å². The van der Waals surface area contributed by atoms with Gasteiger partial charge in [0.1, 0.15) is 59.9 Å². The highest BCUT2D eigenvalue weighted by atomic mass is 16.6. The molecule has 14 rings (SSSR count). The zero-order valence-corrected chi connectivity index (χ0v) is 74.3. The second-order valence-electron chi connectivity index (χ2n) is 35.3. The summed E-state index contributed by atoms with van der Waals surface area (Å²) in [6, 6.07) is 11.0. The summed E-state index contributed by atoms with van der Waals surface area (Å²) in [6.45, 7) is 18.4. The molecule has 4 amide bonds. The number of Topliss-reactive ketones (excluding diaryl/α,β-unsaturated/α-hetero) is 2. The number of nitrogens with two attached hydrogens (primary N) is 2. The minimum absolute atomic E-state index is 0.0357. The zero-order chi connectivity index (χ0) is 89.2. The number of cyclic esters (lactones) is 1. The summed E-state index contributed by atoms with van der Waals surface area (Å²) in [4.78, 5) is 141. The van der Waals surface area contributed by atoms with Gasteiger partial charge in [0.05, 0.1) is 49.3 Å². The van der Waals surface area contributed by atoms with Crippen molar-refractivity contribution in [2.75, 3.05) is 121 Å². The third-order valence-corrected chi connectivity index (χ3v) is 26.2. The molecule has 1 saturated carbocycles. The van der Waals surface area contributed by atoms with Crippen LogP contribution in [0.25, 0.3) is 33.4 Å². The molecule has 2 bridgehead atoms. The van der Waals surface area contributed by atoms with E-state index in [1.54, 1.807) is 44.9 Å². The Morgan fingerprint density at radius 3 is 2.20 bits per heavy atom. The van der Waals surface area contributed by atoms with Crippen LogP contribution < -0.4 is 26.6 Å². The Bertz CT molecular complexity index is 5090. The maximum atomic E-state index is 14.5. The lowest BCUT2D eigenvalue weighted by atomic mass is 9.83. The average molecular weight is 1750 g/mol. The number of carbonyl (C=O) groups excluding carboxylic acids is 7. The molecule has 2 aromatic carbocycles. The number of hydrogen-bond donors (Lipinski definition) is 4. The van der Waals surface area contributed by atoms with Gasteiger partial charge >= 0.3 is 12.1 Å². The van der Waals surface area contributed by atoms with Crippen molar-refractivity contribution in [1.29, 1.82) is 0 Å². The number of alkyl carbamates (subject to hydrolysis) is 1. The Morgan fingerprint density at radius 2 is 1.45 bits per heavy atom. The van der Waals surface area contributed by atoms with Gasteiger partial charge in [-0.15, -0.1) is 0 Å². The number of nitrogens with zero attached hydrogens (tertiary/aromatic N) is 15. The molecule has 33 nitrogen and oxygen atoms in total. The number of piperazine rings is 2. The van der Waals surface area contributed by atoms with Gasteiger partial charge in [-0.25, -0.2) is 44.2 Å². The minimum atomic E-state index is -1.17. The second kappa shape index (κ2) is 43.7. The van der Waals surface area contributed by atoms with E-state index < -0.39 is 54.2 Å². The summed E-state index contributed by atoms with van der Waals surface area (Å²) in [5, 5.41) is 20.1. The molecule has 6 N–H and O–H groups in total. The number of piperidine rings is 1. The number of oxazole rings is 1. The highest BCUT2D eigenvalue weighted by Gasteiger charge is 2.42. The molecule has 11 heterocycles. The van der Waals surface area contributed by atoms with Crippen LogP contribution >= 0.6 is 0 Å². The van der Waals surface area contributed by atoms with Crippen LogP contribution in [-0.4, -0.2) is 259 Å². The van der Waals surface area contributed by atoms with Crippen LogP contribution in [-0.2, 0) is 78.4 Å². The van der Waals surface area contributed by atoms with Gasteiger partial charge in [0.2, 0.25) is 23.6 Å². The molecule has 7 aromatic rings. The number of methoxy groups -OCH3 is 2. The van der Waals surface area contributed by atoms with Gasteiger partial charge in [-0.3, -0.25) is 28.9 Å². The molecule has 127 heavy (non-hydrogen) atoms. The number of aromatic nitrogens is 9. The van der Waals surface area contributed by atoms with Crippen LogP contribution in [0.2, 0.25) is 0 Å². The fraction of sp³-hybridized carbons (Fsp3) is 0.564. The fourth-order valence-electron chi connectivity index (χ4n) is 18.7. The number of ketones is 2. The number of aliphatic hydroxyl groups is 1. The number of aliphatic hydroxyl groups excluding tert-OH is 1. The lowest BCUT2D eigenvalue weighted by Gasteiger charge is -2.36. The quantitative estimate of drug-likeness (QED) is 0.0238. The molecule has 2 unspecified atom stereocenters. The van der Waals surface area contributed by atoms with Gasteiger partial charge in [-0.05, 0) is 180 Å². The zero-order valence-electron chi connectivity index (χ0n) is 74.3. The number of benzene rings is 2. The van der Waals surface area contributed by atoms with Crippen molar-refractivity contribution in [3.8, 4) is 11.3 Å². The van der Waals surface area contributed by atoms with Crippen molar-refractivity contribution >= 4 is 87.2 Å².